The fourth-order valence-corrected chi connectivity index (χ4v) is 1.63. The summed E-state index contributed by atoms with van der Waals surface area (Å²) in [5.41, 5.74) is -0.0998. The Morgan fingerprint density at radius 1 is 1.00 bits per heavy atom. The molecule has 0 saturated heterocycles. The van der Waals surface area contributed by atoms with Crippen LogP contribution in [0.2, 0.25) is 0 Å². The molecular weight excluding hydrogens is 230 g/mol. The molecule has 0 aromatic rings. The molecule has 0 aromatic carbocycles. The molecule has 0 radical (unpaired) electrons. The Morgan fingerprint density at radius 3 is 1.83 bits per heavy atom. The van der Waals surface area contributed by atoms with E-state index in [0.29, 0.717) is 6.54 Å². The third-order valence-electron chi connectivity index (χ3n) is 2.75. The van der Waals surface area contributed by atoms with Crippen LogP contribution in [0.5, 0.6) is 0 Å². The summed E-state index contributed by atoms with van der Waals surface area (Å²) < 4.78 is 0. The van der Waals surface area contributed by atoms with Gasteiger partial charge in [-0.2, -0.15) is 0 Å². The third kappa shape index (κ3) is 7.30. The van der Waals surface area contributed by atoms with Crippen molar-refractivity contribution in [2.24, 2.45) is 5.41 Å². The molecule has 1 N–H and O–H groups in total. The molecule has 0 atom stereocenters. The van der Waals surface area contributed by atoms with Crippen LogP contribution in [0, 0.1) is 5.41 Å². The molecule has 0 aliphatic heterocycles. The Hall–Kier alpha value is -1.06. The van der Waals surface area contributed by atoms with Crippen LogP contribution in [-0.2, 0) is 9.59 Å². The third-order valence-corrected chi connectivity index (χ3v) is 2.75. The van der Waals surface area contributed by atoms with Crippen LogP contribution < -0.4 is 0 Å². The molecule has 18 heavy (non-hydrogen) atoms. The number of carbonyl (C=O) groups excluding carboxylic acids is 1. The maximum absolute atomic E-state index is 12.1. The molecule has 106 valence electrons. The SMILES string of the molecule is CC(C)(C)CCN(C(=O)CCC(=O)O)C(C)(C)C. The standard InChI is InChI=1S/C14H27NO3/c1-13(2,3)9-10-15(14(4,5)6)11(16)7-8-12(17)18/h7-10H2,1-6H3,(H,17,18). The van der Waals surface area contributed by atoms with Crippen LogP contribution >= 0.6 is 0 Å². The van der Waals surface area contributed by atoms with Crippen molar-refractivity contribution in [2.75, 3.05) is 6.54 Å². The van der Waals surface area contributed by atoms with Crippen molar-refractivity contribution in [1.29, 1.82) is 0 Å². The number of rotatable bonds is 5. The number of nitrogens with zero attached hydrogens (tertiary/aromatic N) is 1. The molecule has 0 fully saturated rings. The van der Waals surface area contributed by atoms with Crippen molar-refractivity contribution in [3.8, 4) is 0 Å². The van der Waals surface area contributed by atoms with Crippen molar-refractivity contribution < 1.29 is 14.7 Å². The fraction of sp³-hybridized carbons (Fsp3) is 0.857. The minimum Gasteiger partial charge on any atom is -0.481 e. The van der Waals surface area contributed by atoms with Gasteiger partial charge in [0.2, 0.25) is 5.91 Å². The average Bonchev–Trinajstić information content (AvgIpc) is 2.10. The lowest BCUT2D eigenvalue weighted by atomic mass is 9.91. The lowest BCUT2D eigenvalue weighted by Gasteiger charge is -2.37. The van der Waals surface area contributed by atoms with Crippen molar-refractivity contribution >= 4 is 11.9 Å². The number of hydrogen-bond acceptors (Lipinski definition) is 2. The van der Waals surface area contributed by atoms with Gasteiger partial charge in [0.15, 0.2) is 0 Å². The Bertz CT molecular complexity index is 297. The molecule has 0 rings (SSSR count). The molecule has 0 aliphatic rings. The molecule has 4 heteroatoms. The lowest BCUT2D eigenvalue weighted by Crippen LogP contribution is -2.47. The molecule has 0 unspecified atom stereocenters. The van der Waals surface area contributed by atoms with Gasteiger partial charge in [-0.15, -0.1) is 0 Å². The van der Waals surface area contributed by atoms with E-state index in [-0.39, 0.29) is 29.7 Å². The average molecular weight is 257 g/mol. The summed E-state index contributed by atoms with van der Waals surface area (Å²) in [4.78, 5) is 24.4. The van der Waals surface area contributed by atoms with Gasteiger partial charge in [0.25, 0.3) is 0 Å². The zero-order valence-electron chi connectivity index (χ0n) is 12.5. The van der Waals surface area contributed by atoms with E-state index in [9.17, 15) is 9.59 Å². The van der Waals surface area contributed by atoms with Crippen LogP contribution in [0.1, 0.15) is 60.8 Å². The van der Waals surface area contributed by atoms with Crippen molar-refractivity contribution in [1.82, 2.24) is 4.90 Å². The van der Waals surface area contributed by atoms with Gasteiger partial charge in [0, 0.05) is 18.5 Å². The van der Waals surface area contributed by atoms with Crippen LogP contribution in [-0.4, -0.2) is 34.0 Å². The number of amides is 1. The predicted molar refractivity (Wildman–Crippen MR) is 72.4 cm³/mol. The maximum Gasteiger partial charge on any atom is 0.303 e. The topological polar surface area (TPSA) is 57.6 Å². The second kappa shape index (κ2) is 6.21. The van der Waals surface area contributed by atoms with Gasteiger partial charge in [-0.25, -0.2) is 0 Å². The minimum absolute atomic E-state index is 0.0749. The number of aliphatic carboxylic acids is 1. The number of carboxylic acid groups (broad SMARTS) is 1. The van der Waals surface area contributed by atoms with Crippen molar-refractivity contribution in [3.63, 3.8) is 0 Å². The maximum atomic E-state index is 12.1. The molecule has 0 saturated carbocycles. The van der Waals surface area contributed by atoms with E-state index in [1.165, 1.54) is 0 Å². The number of hydrogen-bond donors (Lipinski definition) is 1. The van der Waals surface area contributed by atoms with Crippen LogP contribution in [0.15, 0.2) is 0 Å². The first-order valence-electron chi connectivity index (χ1n) is 6.46. The summed E-state index contributed by atoms with van der Waals surface area (Å²) >= 11 is 0. The van der Waals surface area contributed by atoms with Gasteiger partial charge in [0.1, 0.15) is 0 Å². The lowest BCUT2D eigenvalue weighted by molar-refractivity contribution is -0.143. The zero-order valence-corrected chi connectivity index (χ0v) is 12.5. The molecule has 1 amide bonds. The highest BCUT2D eigenvalue weighted by Gasteiger charge is 2.27. The summed E-state index contributed by atoms with van der Waals surface area (Å²) in [5, 5.41) is 8.64. The number of carbonyl (C=O) groups is 2. The van der Waals surface area contributed by atoms with Crippen LogP contribution in [0.25, 0.3) is 0 Å². The first kappa shape index (κ1) is 16.9. The van der Waals surface area contributed by atoms with E-state index in [1.54, 1.807) is 4.90 Å². The highest BCUT2D eigenvalue weighted by atomic mass is 16.4. The van der Waals surface area contributed by atoms with E-state index in [2.05, 4.69) is 20.8 Å². The Kier molecular flexibility index (Phi) is 5.84. The van der Waals surface area contributed by atoms with Gasteiger partial charge >= 0.3 is 5.97 Å². The molecular formula is C14H27NO3. The highest BCUT2D eigenvalue weighted by Crippen LogP contribution is 2.23. The summed E-state index contributed by atoms with van der Waals surface area (Å²) in [6.45, 7) is 13.0. The second-order valence-electron chi connectivity index (χ2n) is 6.92. The van der Waals surface area contributed by atoms with Gasteiger partial charge in [-0.3, -0.25) is 9.59 Å². The van der Waals surface area contributed by atoms with E-state index in [0.717, 1.165) is 6.42 Å². The normalized spacial score (nSPS) is 12.3. The largest absolute Gasteiger partial charge is 0.481 e. The Labute approximate surface area is 110 Å². The van der Waals surface area contributed by atoms with Crippen molar-refractivity contribution in [3.05, 3.63) is 0 Å². The zero-order chi connectivity index (χ0) is 14.6. The van der Waals surface area contributed by atoms with E-state index >= 15 is 0 Å². The van der Waals surface area contributed by atoms with Gasteiger partial charge < -0.3 is 10.0 Å². The number of carboxylic acids is 1. The first-order chi connectivity index (χ1) is 7.93. The minimum atomic E-state index is -0.923. The van der Waals surface area contributed by atoms with Crippen molar-refractivity contribution in [2.45, 2.75) is 66.3 Å². The smallest absolute Gasteiger partial charge is 0.303 e. The van der Waals surface area contributed by atoms with E-state index < -0.39 is 5.97 Å². The highest BCUT2D eigenvalue weighted by molar-refractivity contribution is 5.81. The summed E-state index contributed by atoms with van der Waals surface area (Å²) in [7, 11) is 0. The first-order valence-corrected chi connectivity index (χ1v) is 6.46. The monoisotopic (exact) mass is 257 g/mol. The second-order valence-corrected chi connectivity index (χ2v) is 6.92. The Morgan fingerprint density at radius 2 is 1.50 bits per heavy atom. The Balaban J connectivity index is 4.59. The van der Waals surface area contributed by atoms with Gasteiger partial charge in [-0.05, 0) is 32.6 Å². The summed E-state index contributed by atoms with van der Waals surface area (Å²) in [5.74, 6) is -0.998. The molecule has 4 nitrogen and oxygen atoms in total. The fourth-order valence-electron chi connectivity index (χ4n) is 1.63. The van der Waals surface area contributed by atoms with Crippen LogP contribution in [0.4, 0.5) is 0 Å². The molecule has 0 heterocycles. The molecule has 0 aromatic heterocycles. The van der Waals surface area contributed by atoms with Gasteiger partial charge in [0.05, 0.1) is 6.42 Å². The summed E-state index contributed by atoms with van der Waals surface area (Å²) in [6.07, 6.45) is 0.890. The summed E-state index contributed by atoms with van der Waals surface area (Å²) in [6, 6.07) is 0. The van der Waals surface area contributed by atoms with Gasteiger partial charge in [-0.1, -0.05) is 20.8 Å². The van der Waals surface area contributed by atoms with Crippen LogP contribution in [0.3, 0.4) is 0 Å². The van der Waals surface area contributed by atoms with E-state index in [4.69, 9.17) is 5.11 Å². The molecule has 0 aliphatic carbocycles. The predicted octanol–water partition coefficient (Wildman–Crippen LogP) is 2.91. The quantitative estimate of drug-likeness (QED) is 0.824. The van der Waals surface area contributed by atoms with E-state index in [1.807, 2.05) is 20.8 Å². The molecule has 0 bridgehead atoms. The molecule has 0 spiro atoms.